The molecule has 3 saturated carbocycles. The molecule has 700 valence electrons. The Morgan fingerprint density at radius 1 is 0.292 bits per heavy atom. The van der Waals surface area contributed by atoms with Gasteiger partial charge in [0.05, 0.1) is 18.8 Å². The van der Waals surface area contributed by atoms with Gasteiger partial charge in [-0.05, 0) is 152 Å². The van der Waals surface area contributed by atoms with Crippen LogP contribution in [-0.4, -0.2) is 447 Å². The molecular weight excluding hydrogens is 1540 g/mol. The molecule has 0 radical (unpaired) electrons. The van der Waals surface area contributed by atoms with Crippen molar-refractivity contribution in [1.29, 1.82) is 0 Å². The summed E-state index contributed by atoms with van der Waals surface area (Å²) in [7, 11) is 19.6. The number of piperazine rings is 5. The Hall–Kier alpha value is -5.86. The summed E-state index contributed by atoms with van der Waals surface area (Å²) < 4.78 is 30.5. The van der Waals surface area contributed by atoms with E-state index in [2.05, 4.69) is 99.3 Å². The van der Waals surface area contributed by atoms with Gasteiger partial charge in [-0.2, -0.15) is 0 Å². The van der Waals surface area contributed by atoms with E-state index in [4.69, 9.17) is 28.4 Å². The second-order valence-corrected chi connectivity index (χ2v) is 33.1. The molecule has 6 N–H and O–H groups in total. The number of carbonyl (C=O) groups is 10. The van der Waals surface area contributed by atoms with Crippen LogP contribution in [0.1, 0.15) is 172 Å². The van der Waals surface area contributed by atoms with Crippen molar-refractivity contribution in [1.82, 2.24) is 90.7 Å². The lowest BCUT2D eigenvalue weighted by Crippen LogP contribution is -2.49. The lowest BCUT2D eigenvalue weighted by molar-refractivity contribution is -0.149. The molecule has 7 saturated heterocycles. The first-order chi connectivity index (χ1) is 57.1. The van der Waals surface area contributed by atoms with Crippen molar-refractivity contribution < 1.29 is 76.4 Å². The number of hydrogen-bond acceptors (Lipinski definition) is 27. The molecule has 34 nitrogen and oxygen atoms in total. The van der Waals surface area contributed by atoms with Crippen LogP contribution < -0.4 is 31.9 Å². The minimum Gasteiger partial charge on any atom is -0.465 e. The number of nitrogens with one attached hydrogen (secondary N) is 6. The molecular formula is C86H170N18O16. The van der Waals surface area contributed by atoms with Crippen LogP contribution in [0.25, 0.3) is 0 Å². The summed E-state index contributed by atoms with van der Waals surface area (Å²) in [4.78, 5) is 134. The van der Waals surface area contributed by atoms with Gasteiger partial charge in [0, 0.05) is 311 Å². The van der Waals surface area contributed by atoms with Crippen molar-refractivity contribution in [3.63, 3.8) is 0 Å². The Labute approximate surface area is 723 Å². The maximum Gasteiger partial charge on any atom is 0.302 e. The fraction of sp³-hybridized carbons (Fsp3) is 0.884. The molecule has 0 unspecified atom stereocenters. The maximum atomic E-state index is 11.0. The molecule has 7 aliphatic heterocycles. The van der Waals surface area contributed by atoms with Gasteiger partial charge in [0.2, 0.25) is 41.4 Å². The van der Waals surface area contributed by atoms with Crippen molar-refractivity contribution in [3.05, 3.63) is 0 Å². The van der Waals surface area contributed by atoms with E-state index in [-0.39, 0.29) is 71.5 Å². The van der Waals surface area contributed by atoms with Gasteiger partial charge in [-0.3, -0.25) is 67.5 Å². The van der Waals surface area contributed by atoms with E-state index >= 15 is 0 Å². The lowest BCUT2D eigenvalue weighted by Gasteiger charge is -2.34. The molecule has 120 heavy (non-hydrogen) atoms. The predicted octanol–water partition coefficient (Wildman–Crippen LogP) is 2.21. The van der Waals surface area contributed by atoms with Crippen LogP contribution in [0.3, 0.4) is 0 Å². The second-order valence-electron chi connectivity index (χ2n) is 33.1. The van der Waals surface area contributed by atoms with Gasteiger partial charge < -0.3 is 99.5 Å². The number of esters is 3. The van der Waals surface area contributed by atoms with Crippen molar-refractivity contribution >= 4 is 59.3 Å². The van der Waals surface area contributed by atoms with E-state index in [1.807, 2.05) is 40.7 Å². The summed E-state index contributed by atoms with van der Waals surface area (Å²) in [5, 5.41) is 18.3. The molecule has 10 fully saturated rings. The molecule has 0 spiro atoms. The SMILES string of the molecule is CC(=O)N1CCN(C)CC1.CC(=O)NCCN1CCN(C)CC1.CC(=O)OC1CCN(C)CC1.CC(=O)OCCN1CCN(C)CC1.CNC1CCC(NC(C)=O)CC1.CNC1CCC(OC(C)=O)CC1.CNCCN1CCN(C(C)=O)CC1.COC1CCC(NC(C)=O)CC1.COC1CCN(C(C)=O)CC1.COCCN1CCN(C(C)=O)CC1. The molecule has 0 bridgehead atoms. The zero-order valence-corrected chi connectivity index (χ0v) is 78.5. The average Bonchev–Trinajstić information content (AvgIpc) is 0.834. The number of likely N-dealkylation sites (tertiary alicyclic amines) is 2. The van der Waals surface area contributed by atoms with Crippen molar-refractivity contribution in [2.45, 2.75) is 221 Å². The number of likely N-dealkylation sites (N-methyl/N-ethyl adjacent to an activating group) is 4. The fourth-order valence-corrected chi connectivity index (χ4v) is 15.0. The van der Waals surface area contributed by atoms with E-state index in [1.54, 1.807) is 69.8 Å². The fourth-order valence-electron chi connectivity index (χ4n) is 15.0. The number of carbonyl (C=O) groups excluding carboxylic acids is 10. The molecule has 10 rings (SSSR count). The standard InChI is InChI=1S/2C9H19N3O.2C9H18N2O2.C9H18N2O.2C9H17NO2.2C8H15NO2.C7H14N2O/c1-9(13)10-3-4-12-7-5-11(2)6-8-12;1-9(13)12-7-5-11(6-8-12)4-3-10-2;1-9(12)11-5-3-10(4-6-11)7-8-13-2;1-9(12)13-8-7-11-5-3-10(2)4-6-11;1-7(12)11-9-5-3-8(10-2)4-6-9;1-7(11)10-8-3-5-9(12-2)6-4-8;1-7(11)12-9-5-3-8(10-2)4-6-9;1-7(10)9-5-3-8(11-2)4-6-9;1-7(10)11-8-3-5-9(2)6-4-8;1-7(10)9-5-3-8(2)4-6-9/h3-8H2,1-2H3,(H,10,13);10H,3-8H2,1-2H3;2*3-8H2,1-2H3;8-10H,3-6H2,1-2H3,(H,11,12);8-9H,3-6H2,1-2H3,(H,10,11);8-10H,3-6H2,1-2H3;2*8H,3-6H2,1-2H3;3-6H2,1-2H3. The highest BCUT2D eigenvalue weighted by molar-refractivity contribution is 5.75. The number of piperidine rings is 2. The van der Waals surface area contributed by atoms with Crippen molar-refractivity contribution in [2.75, 3.05) is 280 Å². The number of ether oxygens (including phenoxy) is 6. The molecule has 0 aromatic rings. The Balaban J connectivity index is 0.000000667. The van der Waals surface area contributed by atoms with E-state index < -0.39 is 0 Å². The molecule has 0 atom stereocenters. The Kier molecular flexibility index (Phi) is 64.0. The second kappa shape index (κ2) is 68.5. The van der Waals surface area contributed by atoms with Gasteiger partial charge in [0.25, 0.3) is 0 Å². The van der Waals surface area contributed by atoms with Crippen molar-refractivity contribution in [3.8, 4) is 0 Å². The molecule has 7 amide bonds. The summed E-state index contributed by atoms with van der Waals surface area (Å²) in [6.07, 6.45) is 18.1. The third kappa shape index (κ3) is 58.3. The van der Waals surface area contributed by atoms with Crippen LogP contribution in [0.5, 0.6) is 0 Å². The molecule has 3 aliphatic carbocycles. The maximum absolute atomic E-state index is 11.0. The van der Waals surface area contributed by atoms with Crippen LogP contribution >= 0.6 is 0 Å². The predicted molar refractivity (Wildman–Crippen MR) is 473 cm³/mol. The highest BCUT2D eigenvalue weighted by Gasteiger charge is 2.27. The van der Waals surface area contributed by atoms with Gasteiger partial charge in [-0.25, -0.2) is 0 Å². The minimum atomic E-state index is -0.186. The Morgan fingerprint density at radius 2 is 0.575 bits per heavy atom. The van der Waals surface area contributed by atoms with E-state index in [0.29, 0.717) is 43.0 Å². The quantitative estimate of drug-likeness (QED) is 0.0752. The minimum absolute atomic E-state index is 0.0640. The average molecular weight is 1710 g/mol. The summed E-state index contributed by atoms with van der Waals surface area (Å²) >= 11 is 0. The van der Waals surface area contributed by atoms with Gasteiger partial charge >= 0.3 is 17.9 Å². The number of amides is 7. The first-order valence-electron chi connectivity index (χ1n) is 44.6. The zero-order chi connectivity index (χ0) is 89.7. The molecule has 34 heteroatoms. The molecule has 0 aromatic heterocycles. The third-order valence-electron chi connectivity index (χ3n) is 23.2. The van der Waals surface area contributed by atoms with Crippen LogP contribution in [0, 0.1) is 0 Å². The smallest absolute Gasteiger partial charge is 0.302 e. The van der Waals surface area contributed by atoms with E-state index in [9.17, 15) is 47.9 Å². The van der Waals surface area contributed by atoms with Crippen molar-refractivity contribution in [2.24, 2.45) is 0 Å². The normalized spacial score (nSPS) is 23.1. The highest BCUT2D eigenvalue weighted by Crippen LogP contribution is 2.23. The number of methoxy groups -OCH3 is 3. The van der Waals surface area contributed by atoms with E-state index in [0.717, 1.165) is 293 Å². The third-order valence-corrected chi connectivity index (χ3v) is 23.2. The van der Waals surface area contributed by atoms with Crippen LogP contribution in [0.4, 0.5) is 0 Å². The zero-order valence-electron chi connectivity index (χ0n) is 78.5. The number of hydrogen-bond donors (Lipinski definition) is 6. The van der Waals surface area contributed by atoms with Gasteiger partial charge in [0.1, 0.15) is 18.8 Å². The van der Waals surface area contributed by atoms with Gasteiger partial charge in [0.15, 0.2) is 0 Å². The van der Waals surface area contributed by atoms with Crippen LogP contribution in [-0.2, 0) is 76.4 Å². The summed E-state index contributed by atoms with van der Waals surface area (Å²) in [6, 6.07) is 2.09. The summed E-state index contributed by atoms with van der Waals surface area (Å²) in [5.74, 6) is 0.525. The topological polar surface area (TPSA) is 337 Å². The Bertz CT molecular complexity index is 2540. The molecule has 0 aromatic carbocycles. The lowest BCUT2D eigenvalue weighted by atomic mass is 9.91. The highest BCUT2D eigenvalue weighted by atomic mass is 16.5. The Morgan fingerprint density at radius 3 is 0.908 bits per heavy atom. The van der Waals surface area contributed by atoms with Gasteiger partial charge in [-0.15, -0.1) is 0 Å². The first-order valence-corrected chi connectivity index (χ1v) is 44.6. The van der Waals surface area contributed by atoms with Crippen LogP contribution in [0.2, 0.25) is 0 Å². The molecule has 10 aliphatic rings. The summed E-state index contributed by atoms with van der Waals surface area (Å²) in [6.45, 7) is 46.6. The summed E-state index contributed by atoms with van der Waals surface area (Å²) in [5.41, 5.74) is 0. The van der Waals surface area contributed by atoms with Gasteiger partial charge in [-0.1, -0.05) is 0 Å². The first kappa shape index (κ1) is 112. The van der Waals surface area contributed by atoms with E-state index in [1.165, 1.54) is 33.6 Å². The number of rotatable bonds is 20. The monoisotopic (exact) mass is 1710 g/mol. The molecule has 7 heterocycles. The number of nitrogens with zero attached hydrogens (tertiary/aromatic N) is 12. The van der Waals surface area contributed by atoms with Crippen LogP contribution in [0.15, 0.2) is 0 Å². The largest absolute Gasteiger partial charge is 0.465 e.